The van der Waals surface area contributed by atoms with Crippen molar-refractivity contribution in [3.05, 3.63) is 52.9 Å². The summed E-state index contributed by atoms with van der Waals surface area (Å²) in [5, 5.41) is 13.6. The van der Waals surface area contributed by atoms with E-state index in [1.165, 1.54) is 11.1 Å². The summed E-state index contributed by atoms with van der Waals surface area (Å²) in [6.07, 6.45) is 9.06. The highest BCUT2D eigenvalue weighted by Crippen LogP contribution is 2.34. The number of hydrogen-bond donors (Lipinski definition) is 0. The molecule has 1 aliphatic rings. The molecule has 0 fully saturated rings. The van der Waals surface area contributed by atoms with Crippen LogP contribution in [0.4, 0.5) is 0 Å². The van der Waals surface area contributed by atoms with Gasteiger partial charge in [0.1, 0.15) is 5.69 Å². The van der Waals surface area contributed by atoms with Crippen LogP contribution in [0.5, 0.6) is 0 Å². The first-order valence-electron chi connectivity index (χ1n) is 7.40. The van der Waals surface area contributed by atoms with Gasteiger partial charge in [0.15, 0.2) is 0 Å². The van der Waals surface area contributed by atoms with Crippen LogP contribution in [0.25, 0.3) is 11.3 Å². The number of aryl methyl sites for hydroxylation is 2. The van der Waals surface area contributed by atoms with Crippen LogP contribution in [0.3, 0.4) is 0 Å². The first-order valence-corrected chi connectivity index (χ1v) is 7.78. The van der Waals surface area contributed by atoms with Crippen molar-refractivity contribution in [2.75, 3.05) is 0 Å². The van der Waals surface area contributed by atoms with E-state index in [1.54, 1.807) is 10.9 Å². The molecule has 22 heavy (non-hydrogen) atoms. The van der Waals surface area contributed by atoms with Crippen LogP contribution in [0.1, 0.15) is 30.0 Å². The van der Waals surface area contributed by atoms with E-state index in [4.69, 9.17) is 11.6 Å². The maximum atomic E-state index is 6.18. The van der Waals surface area contributed by atoms with Gasteiger partial charge in [-0.1, -0.05) is 22.9 Å². The highest BCUT2D eigenvalue weighted by atomic mass is 35.5. The van der Waals surface area contributed by atoms with Gasteiger partial charge < -0.3 is 0 Å². The zero-order valence-electron chi connectivity index (χ0n) is 12.3. The minimum absolute atomic E-state index is 0.209. The molecule has 0 aliphatic heterocycles. The van der Waals surface area contributed by atoms with Gasteiger partial charge in [0.25, 0.3) is 0 Å². The van der Waals surface area contributed by atoms with E-state index < -0.39 is 0 Å². The number of nitrogens with zero attached hydrogens (tertiary/aromatic N) is 5. The predicted octanol–water partition coefficient (Wildman–Crippen LogP) is 3.26. The first-order chi connectivity index (χ1) is 10.7. The number of benzene rings is 1. The van der Waals surface area contributed by atoms with Crippen molar-refractivity contribution in [3.63, 3.8) is 0 Å². The minimum atomic E-state index is 0.209. The van der Waals surface area contributed by atoms with Gasteiger partial charge in [-0.3, -0.25) is 4.68 Å². The summed E-state index contributed by atoms with van der Waals surface area (Å²) in [6, 6.07) is 6.36. The lowest BCUT2D eigenvalue weighted by atomic mass is 9.88. The third-order valence-electron chi connectivity index (χ3n) is 4.22. The van der Waals surface area contributed by atoms with Gasteiger partial charge >= 0.3 is 0 Å². The largest absolute Gasteiger partial charge is 0.275 e. The molecule has 1 aliphatic carbocycles. The van der Waals surface area contributed by atoms with E-state index in [2.05, 4.69) is 27.5 Å². The molecule has 0 spiro atoms. The minimum Gasteiger partial charge on any atom is -0.275 e. The van der Waals surface area contributed by atoms with E-state index in [0.717, 1.165) is 35.5 Å². The molecular formula is C16H16ClN5. The van der Waals surface area contributed by atoms with E-state index >= 15 is 0 Å². The smallest absolute Gasteiger partial charge is 0.116 e. The van der Waals surface area contributed by atoms with E-state index in [0.29, 0.717) is 0 Å². The molecule has 0 radical (unpaired) electrons. The Bertz CT molecular complexity index is 820. The Labute approximate surface area is 133 Å². The molecule has 112 valence electrons. The van der Waals surface area contributed by atoms with Crippen molar-refractivity contribution < 1.29 is 0 Å². The van der Waals surface area contributed by atoms with Crippen molar-refractivity contribution in [1.29, 1.82) is 0 Å². The topological polar surface area (TPSA) is 48.5 Å². The lowest BCUT2D eigenvalue weighted by Crippen LogP contribution is -2.17. The molecular weight excluding hydrogens is 298 g/mol. The van der Waals surface area contributed by atoms with E-state index in [1.807, 2.05) is 30.2 Å². The molecule has 0 N–H and O–H groups in total. The molecule has 0 bridgehead atoms. The number of hydrogen-bond acceptors (Lipinski definition) is 3. The van der Waals surface area contributed by atoms with Crippen molar-refractivity contribution in [3.8, 4) is 11.3 Å². The van der Waals surface area contributed by atoms with Crippen LogP contribution in [0, 0.1) is 0 Å². The lowest BCUT2D eigenvalue weighted by molar-refractivity contribution is 0.440. The predicted molar refractivity (Wildman–Crippen MR) is 84.8 cm³/mol. The maximum absolute atomic E-state index is 6.18. The molecule has 1 atom stereocenters. The van der Waals surface area contributed by atoms with Crippen molar-refractivity contribution in [2.45, 2.75) is 25.3 Å². The molecule has 0 amide bonds. The Kier molecular flexibility index (Phi) is 3.22. The zero-order valence-corrected chi connectivity index (χ0v) is 13.0. The highest BCUT2D eigenvalue weighted by Gasteiger charge is 2.23. The molecule has 0 saturated carbocycles. The second-order valence-corrected chi connectivity index (χ2v) is 6.17. The Balaban J connectivity index is 1.72. The normalized spacial score (nSPS) is 17.5. The summed E-state index contributed by atoms with van der Waals surface area (Å²) in [6.45, 7) is 0. The van der Waals surface area contributed by atoms with Crippen LogP contribution in [0.2, 0.25) is 5.02 Å². The summed E-state index contributed by atoms with van der Waals surface area (Å²) < 4.78 is 3.72. The summed E-state index contributed by atoms with van der Waals surface area (Å²) in [5.41, 5.74) is 4.46. The van der Waals surface area contributed by atoms with Crippen LogP contribution >= 0.6 is 11.6 Å². The van der Waals surface area contributed by atoms with E-state index in [-0.39, 0.29) is 6.04 Å². The number of fused-ring (bicyclic) bond motifs is 1. The van der Waals surface area contributed by atoms with Gasteiger partial charge in [0, 0.05) is 23.8 Å². The molecule has 4 rings (SSSR count). The third-order valence-corrected chi connectivity index (χ3v) is 4.46. The number of aromatic nitrogens is 5. The zero-order chi connectivity index (χ0) is 15.1. The van der Waals surface area contributed by atoms with Crippen LogP contribution in [-0.2, 0) is 13.5 Å². The highest BCUT2D eigenvalue weighted by molar-refractivity contribution is 6.30. The molecule has 2 aromatic heterocycles. The van der Waals surface area contributed by atoms with Crippen LogP contribution in [-0.4, -0.2) is 24.8 Å². The second kappa shape index (κ2) is 5.25. The monoisotopic (exact) mass is 313 g/mol. The van der Waals surface area contributed by atoms with Gasteiger partial charge in [-0.05, 0) is 42.5 Å². The van der Waals surface area contributed by atoms with Crippen LogP contribution in [0.15, 0.2) is 36.8 Å². The van der Waals surface area contributed by atoms with Gasteiger partial charge in [-0.25, -0.2) is 4.68 Å². The Hall–Kier alpha value is -2.14. The van der Waals surface area contributed by atoms with E-state index in [9.17, 15) is 0 Å². The Morgan fingerprint density at radius 2 is 2.18 bits per heavy atom. The molecule has 2 heterocycles. The van der Waals surface area contributed by atoms with Crippen molar-refractivity contribution >= 4 is 11.6 Å². The second-order valence-electron chi connectivity index (χ2n) is 5.74. The molecule has 0 unspecified atom stereocenters. The fourth-order valence-corrected chi connectivity index (χ4v) is 3.32. The lowest BCUT2D eigenvalue weighted by Gasteiger charge is -2.25. The van der Waals surface area contributed by atoms with Gasteiger partial charge in [-0.15, -0.1) is 5.10 Å². The summed E-state index contributed by atoms with van der Waals surface area (Å²) in [4.78, 5) is 0. The SMILES string of the molecule is Cn1cc(-c2cn([C@@H]3CCCc4ccc(Cl)cc43)nn2)cn1. The molecule has 0 saturated heterocycles. The fourth-order valence-electron chi connectivity index (χ4n) is 3.13. The van der Waals surface area contributed by atoms with Crippen molar-refractivity contribution in [2.24, 2.45) is 7.05 Å². The fraction of sp³-hybridized carbons (Fsp3) is 0.312. The Morgan fingerprint density at radius 1 is 1.27 bits per heavy atom. The number of rotatable bonds is 2. The summed E-state index contributed by atoms with van der Waals surface area (Å²) in [7, 11) is 1.90. The van der Waals surface area contributed by atoms with Crippen LogP contribution < -0.4 is 0 Å². The van der Waals surface area contributed by atoms with Gasteiger partial charge in [-0.2, -0.15) is 5.10 Å². The summed E-state index contributed by atoms with van der Waals surface area (Å²) >= 11 is 6.18. The van der Waals surface area contributed by atoms with Crippen molar-refractivity contribution in [1.82, 2.24) is 24.8 Å². The number of halogens is 1. The molecule has 3 aromatic rings. The average Bonchev–Trinajstić information content (AvgIpc) is 3.15. The summed E-state index contributed by atoms with van der Waals surface area (Å²) in [5.74, 6) is 0. The molecule has 6 heteroatoms. The maximum Gasteiger partial charge on any atom is 0.116 e. The van der Waals surface area contributed by atoms with Gasteiger partial charge in [0.2, 0.25) is 0 Å². The Morgan fingerprint density at radius 3 is 3.00 bits per heavy atom. The average molecular weight is 314 g/mol. The third kappa shape index (κ3) is 2.31. The van der Waals surface area contributed by atoms with Gasteiger partial charge in [0.05, 0.1) is 18.4 Å². The first kappa shape index (κ1) is 13.5. The quantitative estimate of drug-likeness (QED) is 0.729. The molecule has 1 aromatic carbocycles. The molecule has 5 nitrogen and oxygen atoms in total. The standard InChI is InChI=1S/C16H16ClN5/c1-21-9-12(8-18-21)15-10-22(20-19-15)16-4-2-3-11-5-6-13(17)7-14(11)16/h5-10,16H,2-4H2,1H3/t16-/m1/s1.